The smallest absolute Gasteiger partial charge is 0.270 e. The summed E-state index contributed by atoms with van der Waals surface area (Å²) in [4.78, 5) is 27.8. The van der Waals surface area contributed by atoms with Crippen molar-refractivity contribution in [1.82, 2.24) is 9.88 Å². The zero-order chi connectivity index (χ0) is 24.7. The van der Waals surface area contributed by atoms with Gasteiger partial charge in [-0.15, -0.1) is 0 Å². The average Bonchev–Trinajstić information content (AvgIpc) is 3.06. The van der Waals surface area contributed by atoms with E-state index >= 15 is 0 Å². The van der Waals surface area contributed by atoms with E-state index in [1.165, 1.54) is 16.0 Å². The molecule has 3 aromatic rings. The molecule has 2 heterocycles. The molecule has 2 amide bonds. The molecule has 1 saturated heterocycles. The summed E-state index contributed by atoms with van der Waals surface area (Å²) in [5.41, 5.74) is 9.16. The van der Waals surface area contributed by atoms with Crippen LogP contribution in [0.5, 0.6) is 0 Å². The number of amides is 2. The number of anilines is 1. The highest BCUT2D eigenvalue weighted by Crippen LogP contribution is 2.30. The number of nitrogens with zero attached hydrogens (tertiary/aromatic N) is 2. The van der Waals surface area contributed by atoms with Crippen LogP contribution in [0.4, 0.5) is 5.69 Å². The van der Waals surface area contributed by atoms with E-state index < -0.39 is 11.8 Å². The summed E-state index contributed by atoms with van der Waals surface area (Å²) in [6.45, 7) is 12.2. The number of thiocarbonyl (C=S) groups is 1. The Kier molecular flexibility index (Phi) is 6.28. The first-order valence-corrected chi connectivity index (χ1v) is 11.8. The molecule has 0 spiro atoms. The molecule has 1 aliphatic rings. The number of para-hydroxylation sites is 1. The van der Waals surface area contributed by atoms with Gasteiger partial charge in [0.05, 0.1) is 11.4 Å². The third-order valence-corrected chi connectivity index (χ3v) is 6.90. The molecule has 34 heavy (non-hydrogen) atoms. The predicted molar refractivity (Wildman–Crippen MR) is 141 cm³/mol. The van der Waals surface area contributed by atoms with Gasteiger partial charge in [-0.25, -0.2) is 0 Å². The van der Waals surface area contributed by atoms with E-state index in [0.717, 1.165) is 40.2 Å². The van der Waals surface area contributed by atoms with Gasteiger partial charge in [0, 0.05) is 11.4 Å². The van der Waals surface area contributed by atoms with Crippen LogP contribution in [0.25, 0.3) is 11.8 Å². The fourth-order valence-electron chi connectivity index (χ4n) is 4.61. The zero-order valence-electron chi connectivity index (χ0n) is 20.4. The second-order valence-electron chi connectivity index (χ2n) is 8.77. The van der Waals surface area contributed by atoms with Crippen LogP contribution < -0.4 is 10.2 Å². The van der Waals surface area contributed by atoms with Gasteiger partial charge in [0.1, 0.15) is 5.57 Å². The first kappa shape index (κ1) is 23.6. The van der Waals surface area contributed by atoms with E-state index in [-0.39, 0.29) is 10.7 Å². The SMILES string of the molecule is CCc1cccc(C)c1-n1c(C)cc(/C=C2\C(=O)NC(=S)N(c3cccc(C)c3C)C2=O)c1C. The molecule has 5 nitrogen and oxygen atoms in total. The van der Waals surface area contributed by atoms with Crippen LogP contribution in [0.1, 0.15) is 46.1 Å². The lowest BCUT2D eigenvalue weighted by Crippen LogP contribution is -2.54. The van der Waals surface area contributed by atoms with Crippen molar-refractivity contribution in [3.8, 4) is 5.69 Å². The number of hydrogen-bond donors (Lipinski definition) is 1. The number of benzene rings is 2. The number of rotatable bonds is 4. The van der Waals surface area contributed by atoms with Crippen molar-refractivity contribution in [3.05, 3.63) is 87.2 Å². The molecule has 4 rings (SSSR count). The summed E-state index contributed by atoms with van der Waals surface area (Å²) in [5.74, 6) is -0.899. The molecule has 1 N–H and O–H groups in total. The van der Waals surface area contributed by atoms with E-state index in [4.69, 9.17) is 12.2 Å². The quantitative estimate of drug-likeness (QED) is 0.314. The first-order chi connectivity index (χ1) is 16.1. The third-order valence-electron chi connectivity index (χ3n) is 6.61. The second-order valence-corrected chi connectivity index (χ2v) is 9.16. The molecule has 0 saturated carbocycles. The largest absolute Gasteiger partial charge is 0.317 e. The second kappa shape index (κ2) is 9.03. The van der Waals surface area contributed by atoms with Crippen LogP contribution in [-0.4, -0.2) is 21.5 Å². The number of hydrogen-bond acceptors (Lipinski definition) is 3. The molecule has 174 valence electrons. The Labute approximate surface area is 206 Å². The summed E-state index contributed by atoms with van der Waals surface area (Å²) < 4.78 is 2.21. The maximum atomic E-state index is 13.5. The number of aryl methyl sites for hydroxylation is 4. The van der Waals surface area contributed by atoms with Gasteiger partial charge >= 0.3 is 0 Å². The zero-order valence-corrected chi connectivity index (χ0v) is 21.3. The topological polar surface area (TPSA) is 54.3 Å². The molecular formula is C28H29N3O2S. The molecule has 2 aromatic carbocycles. The van der Waals surface area contributed by atoms with E-state index in [1.54, 1.807) is 6.08 Å². The van der Waals surface area contributed by atoms with E-state index in [0.29, 0.717) is 5.69 Å². The maximum absolute atomic E-state index is 13.5. The number of carbonyl (C=O) groups is 2. The van der Waals surface area contributed by atoms with Gasteiger partial charge in [0.15, 0.2) is 5.11 Å². The van der Waals surface area contributed by atoms with Crippen molar-refractivity contribution in [2.24, 2.45) is 0 Å². The summed E-state index contributed by atoms with van der Waals surface area (Å²) in [6.07, 6.45) is 2.59. The third kappa shape index (κ3) is 3.88. The van der Waals surface area contributed by atoms with Gasteiger partial charge in [-0.05, 0) is 99.3 Å². The number of aromatic nitrogens is 1. The highest BCUT2D eigenvalue weighted by atomic mass is 32.1. The van der Waals surface area contributed by atoms with Crippen LogP contribution in [0.2, 0.25) is 0 Å². The van der Waals surface area contributed by atoms with Crippen LogP contribution in [0.15, 0.2) is 48.0 Å². The fourth-order valence-corrected chi connectivity index (χ4v) is 4.89. The molecule has 0 bridgehead atoms. The van der Waals surface area contributed by atoms with Crippen molar-refractivity contribution in [1.29, 1.82) is 0 Å². The Hall–Kier alpha value is -3.51. The molecule has 1 aromatic heterocycles. The standard InChI is InChI=1S/C28H29N3O2S/c1-7-21-12-8-11-17(3)25(21)30-18(4)14-22(20(30)6)15-23-26(32)29-28(34)31(27(23)33)24-13-9-10-16(2)19(24)5/h8-15H,7H2,1-6H3,(H,29,32,34)/b23-15+. The van der Waals surface area contributed by atoms with Gasteiger partial charge in [0.2, 0.25) is 0 Å². The molecule has 0 unspecified atom stereocenters. The van der Waals surface area contributed by atoms with Gasteiger partial charge in [-0.2, -0.15) is 0 Å². The van der Waals surface area contributed by atoms with Crippen LogP contribution >= 0.6 is 12.2 Å². The van der Waals surface area contributed by atoms with Gasteiger partial charge < -0.3 is 4.57 Å². The first-order valence-electron chi connectivity index (χ1n) is 11.4. The van der Waals surface area contributed by atoms with Gasteiger partial charge in [0.25, 0.3) is 11.8 Å². The molecule has 0 atom stereocenters. The Morgan fingerprint density at radius 1 is 0.971 bits per heavy atom. The highest BCUT2D eigenvalue weighted by Gasteiger charge is 2.35. The van der Waals surface area contributed by atoms with Crippen LogP contribution in [-0.2, 0) is 16.0 Å². The normalized spacial score (nSPS) is 15.3. The summed E-state index contributed by atoms with van der Waals surface area (Å²) >= 11 is 5.38. The molecule has 6 heteroatoms. The van der Waals surface area contributed by atoms with Crippen molar-refractivity contribution < 1.29 is 9.59 Å². The lowest BCUT2D eigenvalue weighted by molar-refractivity contribution is -0.122. The molecule has 1 aliphatic heterocycles. The lowest BCUT2D eigenvalue weighted by Gasteiger charge is -2.30. The minimum absolute atomic E-state index is 0.0651. The summed E-state index contributed by atoms with van der Waals surface area (Å²) in [6, 6.07) is 14.0. The van der Waals surface area contributed by atoms with Gasteiger partial charge in [-0.1, -0.05) is 37.3 Å². The highest BCUT2D eigenvalue weighted by molar-refractivity contribution is 7.80. The average molecular weight is 472 g/mol. The van der Waals surface area contributed by atoms with E-state index in [1.807, 2.05) is 52.0 Å². The van der Waals surface area contributed by atoms with Crippen molar-refractivity contribution in [2.75, 3.05) is 4.90 Å². The molecule has 0 radical (unpaired) electrons. The Morgan fingerprint density at radius 2 is 1.65 bits per heavy atom. The van der Waals surface area contributed by atoms with Gasteiger partial charge in [-0.3, -0.25) is 19.8 Å². The van der Waals surface area contributed by atoms with E-state index in [9.17, 15) is 9.59 Å². The lowest BCUT2D eigenvalue weighted by atomic mass is 10.0. The number of nitrogens with one attached hydrogen (secondary N) is 1. The van der Waals surface area contributed by atoms with Crippen molar-refractivity contribution in [3.63, 3.8) is 0 Å². The monoisotopic (exact) mass is 471 g/mol. The Morgan fingerprint density at radius 3 is 2.35 bits per heavy atom. The molecule has 1 fully saturated rings. The van der Waals surface area contributed by atoms with Crippen LogP contribution in [0.3, 0.4) is 0 Å². The summed E-state index contributed by atoms with van der Waals surface area (Å²) in [7, 11) is 0. The Bertz CT molecular complexity index is 1380. The summed E-state index contributed by atoms with van der Waals surface area (Å²) in [5, 5.41) is 2.79. The van der Waals surface area contributed by atoms with Crippen LogP contribution in [0, 0.1) is 34.6 Å². The molecular weight excluding hydrogens is 442 g/mol. The minimum Gasteiger partial charge on any atom is -0.317 e. The maximum Gasteiger partial charge on any atom is 0.270 e. The predicted octanol–water partition coefficient (Wildman–Crippen LogP) is 5.41. The Balaban J connectivity index is 1.83. The molecule has 0 aliphatic carbocycles. The van der Waals surface area contributed by atoms with Crippen molar-refractivity contribution >= 4 is 40.9 Å². The number of carbonyl (C=O) groups excluding carboxylic acids is 2. The fraction of sp³-hybridized carbons (Fsp3) is 0.250. The minimum atomic E-state index is -0.480. The van der Waals surface area contributed by atoms with E-state index in [2.05, 4.69) is 41.9 Å². The van der Waals surface area contributed by atoms with Crippen molar-refractivity contribution in [2.45, 2.75) is 48.0 Å².